The Morgan fingerprint density at radius 2 is 0.634 bits per heavy atom. The molecule has 27 nitrogen and oxygen atoms in total. The highest BCUT2D eigenvalue weighted by molar-refractivity contribution is 5.96. The molecule has 0 saturated heterocycles. The molecule has 9 aromatic carbocycles. The van der Waals surface area contributed by atoms with Crippen LogP contribution >= 0.6 is 0 Å². The summed E-state index contributed by atoms with van der Waals surface area (Å²) in [6.07, 6.45) is 19.4. The highest BCUT2D eigenvalue weighted by atomic mass is 16.6. The van der Waals surface area contributed by atoms with Gasteiger partial charge in [-0.25, -0.2) is 19.2 Å². The quantitative estimate of drug-likeness (QED) is 0.00959. The molecule has 0 aliphatic heterocycles. The molecular weight excluding hydrogens is 1670 g/mol. The number of unbranched alkanes of at least 4 members (excludes halogenated alkanes) is 11. The summed E-state index contributed by atoms with van der Waals surface area (Å²) in [5.41, 5.74) is 3.84. The molecule has 0 spiro atoms. The topological polar surface area (TPSA) is 433 Å². The third-order valence-electron chi connectivity index (χ3n) is 21.3. The van der Waals surface area contributed by atoms with E-state index in [1.54, 1.807) is 84.9 Å². The molecule has 131 heavy (non-hydrogen) atoms. The van der Waals surface area contributed by atoms with Gasteiger partial charge >= 0.3 is 23.9 Å². The molecule has 0 aliphatic rings. The molecule has 0 heterocycles. The number of esters is 4. The van der Waals surface area contributed by atoms with E-state index in [1.165, 1.54) is 155 Å². The van der Waals surface area contributed by atoms with Crippen LogP contribution in [0.2, 0.25) is 0 Å². The summed E-state index contributed by atoms with van der Waals surface area (Å²) in [6.45, 7) is 22.0. The number of hydrogen-bond donors (Lipinski definition) is 14. The molecule has 0 bridgehead atoms. The van der Waals surface area contributed by atoms with Gasteiger partial charge in [0.2, 0.25) is 17.7 Å². The number of ether oxygens (including phenoxy) is 4. The molecule has 0 fully saturated rings. The second-order valence-corrected chi connectivity index (χ2v) is 33.1. The molecule has 708 valence electrons. The van der Waals surface area contributed by atoms with Gasteiger partial charge in [-0.05, 0) is 220 Å². The number of amides is 5. The Bertz CT molecular complexity index is 4820. The number of rotatable bonds is 43. The van der Waals surface area contributed by atoms with E-state index in [-0.39, 0.29) is 142 Å². The van der Waals surface area contributed by atoms with Crippen LogP contribution in [0.5, 0.6) is 51.7 Å². The van der Waals surface area contributed by atoms with E-state index in [0.29, 0.717) is 54.7 Å². The van der Waals surface area contributed by atoms with Crippen molar-refractivity contribution in [2.45, 2.75) is 197 Å². The molecular formula is C104H135N5O22. The van der Waals surface area contributed by atoms with Gasteiger partial charge in [0, 0.05) is 60.1 Å². The first-order valence-corrected chi connectivity index (χ1v) is 44.7. The summed E-state index contributed by atoms with van der Waals surface area (Å²) < 4.78 is 20.9. The Morgan fingerprint density at radius 1 is 0.298 bits per heavy atom. The monoisotopic (exact) mass is 1810 g/mol. The van der Waals surface area contributed by atoms with E-state index in [9.17, 15) is 73.8 Å². The van der Waals surface area contributed by atoms with Gasteiger partial charge in [0.15, 0.2) is 0 Å². The normalized spacial score (nSPS) is 10.9. The van der Waals surface area contributed by atoms with Crippen LogP contribution in [0.25, 0.3) is 0 Å². The van der Waals surface area contributed by atoms with E-state index < -0.39 is 30.0 Å². The predicted octanol–water partition coefficient (Wildman–Crippen LogP) is 18.4. The van der Waals surface area contributed by atoms with Crippen LogP contribution in [0.4, 0.5) is 0 Å². The minimum Gasteiger partial charge on any atom is -0.508 e. The lowest BCUT2D eigenvalue weighted by Crippen LogP contribution is -2.37. The Hall–Kier alpha value is -13.6. The maximum atomic E-state index is 12.6. The van der Waals surface area contributed by atoms with Gasteiger partial charge in [0.1, 0.15) is 77.7 Å². The first-order chi connectivity index (χ1) is 62.5. The molecule has 27 heteroatoms. The number of aromatic hydroxyl groups is 9. The molecule has 0 aliphatic carbocycles. The van der Waals surface area contributed by atoms with Crippen LogP contribution in [0.1, 0.15) is 251 Å². The van der Waals surface area contributed by atoms with Crippen molar-refractivity contribution < 1.29 is 108 Å². The maximum absolute atomic E-state index is 12.6. The number of carbonyl (C=O) groups excluding carboxylic acids is 9. The van der Waals surface area contributed by atoms with E-state index in [0.717, 1.165) is 68.1 Å². The summed E-state index contributed by atoms with van der Waals surface area (Å²) in [5, 5.41) is 98.1. The Kier molecular flexibility index (Phi) is 50.5. The van der Waals surface area contributed by atoms with Gasteiger partial charge in [-0.15, -0.1) is 0 Å². The molecule has 9 aromatic rings. The van der Waals surface area contributed by atoms with Gasteiger partial charge in [-0.1, -0.05) is 207 Å². The molecule has 5 amide bonds. The standard InChI is InChI=1S/C30H42O6.C16H16N2O4.C16H14O6.3C14H21NO2/c1-2-3-4-5-6-7-8-9-10-11-12-13-20-28(36-30(34)25-17-15-19-27(32)22-25)23-35-29(33)24-16-14-18-26(31)21-24;19-13-5-1-3-11(9-13)15(21)17-7-8-18-16(22)12-4-2-6-14(20)10-12;17-13-5-1-11(2-6-13)15(19)21-9-10-22-16(20)12-3-7-14(18)8-4-12;1-4-14(2,3)13(17)15-10-9-11-5-7-12(16)8-6-11;1-4-14(2,3)13(17)15-9-8-11-6-5-7-12(16)10-11;1-4-14(2,3)13(17)15-10-9-11-7-5-6-8-12(11)16/h14-19,21-22,28,31-32H,2-13,20,23H2,1H3;1-6,9-10,19-20H,7-8H2,(H,17,21)(H,18,22);1-8,17-18H,9-10H2;5-8,16H,4,9-10H2,1-3H3,(H,15,17);5-7,10,16H,4,8-9H2,1-3H3,(H,15,17);5-8,16H,4,9-10H2,1-3H3,(H,15,17). The van der Waals surface area contributed by atoms with Crippen molar-refractivity contribution in [3.8, 4) is 51.7 Å². The lowest BCUT2D eigenvalue weighted by atomic mass is 9.89. The number of nitrogens with one attached hydrogen (secondary N) is 5. The van der Waals surface area contributed by atoms with Crippen molar-refractivity contribution in [3.05, 3.63) is 268 Å². The third kappa shape index (κ3) is 45.3. The van der Waals surface area contributed by atoms with Gasteiger partial charge in [-0.2, -0.15) is 0 Å². The van der Waals surface area contributed by atoms with Gasteiger partial charge < -0.3 is 91.5 Å². The molecule has 0 radical (unpaired) electrons. The number of benzene rings is 9. The number of carbonyl (C=O) groups is 9. The van der Waals surface area contributed by atoms with E-state index in [4.69, 9.17) is 34.3 Å². The fourth-order valence-corrected chi connectivity index (χ4v) is 11.9. The smallest absolute Gasteiger partial charge is 0.338 e. The summed E-state index contributed by atoms with van der Waals surface area (Å²) in [7, 11) is 0. The highest BCUT2D eigenvalue weighted by Gasteiger charge is 2.28. The average Bonchev–Trinajstić information content (AvgIpc) is 0.903. The molecule has 0 saturated carbocycles. The van der Waals surface area contributed by atoms with Crippen LogP contribution in [0, 0.1) is 16.2 Å². The van der Waals surface area contributed by atoms with Crippen molar-refractivity contribution in [1.82, 2.24) is 26.6 Å². The Morgan fingerprint density at radius 3 is 1.02 bits per heavy atom. The first-order valence-electron chi connectivity index (χ1n) is 44.7. The molecule has 1 atom stereocenters. The van der Waals surface area contributed by atoms with Crippen LogP contribution in [-0.2, 0) is 52.6 Å². The van der Waals surface area contributed by atoms with E-state index >= 15 is 0 Å². The summed E-state index contributed by atoms with van der Waals surface area (Å²) in [6, 6.07) is 56.5. The van der Waals surface area contributed by atoms with Crippen molar-refractivity contribution in [1.29, 1.82) is 0 Å². The highest BCUT2D eigenvalue weighted by Crippen LogP contribution is 2.26. The molecule has 9 rings (SSSR count). The minimum absolute atomic E-state index is 0.0164. The number of hydrogen-bond acceptors (Lipinski definition) is 22. The van der Waals surface area contributed by atoms with Crippen LogP contribution in [0.3, 0.4) is 0 Å². The number of para-hydroxylation sites is 1. The van der Waals surface area contributed by atoms with Gasteiger partial charge in [-0.3, -0.25) is 24.0 Å². The Balaban J connectivity index is 0.000000337. The lowest BCUT2D eigenvalue weighted by molar-refractivity contribution is -0.130. The second kappa shape index (κ2) is 60.3. The summed E-state index contributed by atoms with van der Waals surface area (Å²) in [5.74, 6) is -1.77. The zero-order valence-electron chi connectivity index (χ0n) is 77.3. The zero-order chi connectivity index (χ0) is 96.6. The van der Waals surface area contributed by atoms with E-state index in [2.05, 4.69) is 33.5 Å². The average molecular weight is 1810 g/mol. The summed E-state index contributed by atoms with van der Waals surface area (Å²) in [4.78, 5) is 107. The van der Waals surface area contributed by atoms with Crippen molar-refractivity contribution >= 4 is 53.4 Å². The third-order valence-corrected chi connectivity index (χ3v) is 21.3. The van der Waals surface area contributed by atoms with Crippen LogP contribution < -0.4 is 26.6 Å². The zero-order valence-corrected chi connectivity index (χ0v) is 77.3. The van der Waals surface area contributed by atoms with Crippen molar-refractivity contribution in [2.24, 2.45) is 16.2 Å². The van der Waals surface area contributed by atoms with Crippen molar-refractivity contribution in [3.63, 3.8) is 0 Å². The SMILES string of the molecule is CCC(C)(C)C(=O)NCCc1ccc(O)cc1.CCC(C)(C)C(=O)NCCc1cccc(O)c1.CCC(C)(C)C(=O)NCCc1ccccc1O.CCCCCCCCCCCCCCC(COC(=O)c1cccc(O)c1)OC(=O)c1cccc(O)c1.O=C(NCCNC(=O)c1cccc(O)c1)c1cccc(O)c1.O=C(OCCOC(=O)c1ccc(O)cc1)c1ccc(O)cc1. The summed E-state index contributed by atoms with van der Waals surface area (Å²) >= 11 is 0. The molecule has 0 aromatic heterocycles. The lowest BCUT2D eigenvalue weighted by Gasteiger charge is -2.21. The molecule has 1 unspecified atom stereocenters. The van der Waals surface area contributed by atoms with Gasteiger partial charge in [0.25, 0.3) is 11.8 Å². The molecule has 14 N–H and O–H groups in total. The van der Waals surface area contributed by atoms with Crippen molar-refractivity contribution in [2.75, 3.05) is 52.5 Å². The Labute approximate surface area is 770 Å². The van der Waals surface area contributed by atoms with Gasteiger partial charge in [0.05, 0.1) is 22.3 Å². The number of phenols is 9. The van der Waals surface area contributed by atoms with Crippen LogP contribution in [-0.4, -0.2) is 158 Å². The maximum Gasteiger partial charge on any atom is 0.338 e. The fraction of sp³-hybridized carbons (Fsp3) is 0.394. The predicted molar refractivity (Wildman–Crippen MR) is 506 cm³/mol. The fourth-order valence-electron chi connectivity index (χ4n) is 11.9. The number of phenolic OH excluding ortho intramolecular Hbond substituents is 9. The minimum atomic E-state index is -0.593. The second-order valence-electron chi connectivity index (χ2n) is 33.1. The largest absolute Gasteiger partial charge is 0.508 e. The first kappa shape index (κ1) is 110. The van der Waals surface area contributed by atoms with E-state index in [1.807, 2.05) is 98.7 Å². The van der Waals surface area contributed by atoms with Crippen LogP contribution in [0.15, 0.2) is 218 Å².